The first-order valence-corrected chi connectivity index (χ1v) is 4.28. The van der Waals surface area contributed by atoms with Crippen molar-refractivity contribution in [3.8, 4) is 0 Å². The molecule has 2 aliphatic rings. The monoisotopic (exact) mass is 173 g/mol. The third-order valence-electron chi connectivity index (χ3n) is 2.54. The average Bonchev–Trinajstić information content (AvgIpc) is 2.62. The van der Waals surface area contributed by atoms with Crippen LogP contribution in [0.2, 0.25) is 0 Å². The Labute approximate surface area is 70.2 Å². The number of halogens is 1. The van der Waals surface area contributed by atoms with Crippen molar-refractivity contribution in [3.05, 3.63) is 0 Å². The fourth-order valence-electron chi connectivity index (χ4n) is 1.53. The molecule has 1 saturated carbocycles. The number of carbonyl (C=O) groups is 1. The summed E-state index contributed by atoms with van der Waals surface area (Å²) in [6.45, 7) is 0.628. The van der Waals surface area contributed by atoms with E-state index in [1.807, 2.05) is 0 Å². The van der Waals surface area contributed by atoms with Gasteiger partial charge in [0.25, 0.3) is 5.91 Å². The predicted molar refractivity (Wildman–Crippen MR) is 40.3 cm³/mol. The van der Waals surface area contributed by atoms with Crippen LogP contribution >= 0.6 is 0 Å². The van der Waals surface area contributed by atoms with Crippen LogP contribution in [-0.4, -0.2) is 40.8 Å². The van der Waals surface area contributed by atoms with Crippen LogP contribution in [0.5, 0.6) is 0 Å². The molecule has 1 atom stereocenters. The van der Waals surface area contributed by atoms with Crippen LogP contribution in [0.15, 0.2) is 0 Å². The van der Waals surface area contributed by atoms with Gasteiger partial charge in [-0.3, -0.25) is 4.79 Å². The zero-order valence-electron chi connectivity index (χ0n) is 6.79. The molecule has 1 aliphatic heterocycles. The van der Waals surface area contributed by atoms with Gasteiger partial charge in [0.1, 0.15) is 11.8 Å². The first kappa shape index (κ1) is 7.98. The predicted octanol–water partition coefficient (Wildman–Crippen LogP) is 0.0817. The Morgan fingerprint density at radius 3 is 2.67 bits per heavy atom. The van der Waals surface area contributed by atoms with E-state index in [-0.39, 0.29) is 12.5 Å². The van der Waals surface area contributed by atoms with E-state index >= 15 is 0 Å². The minimum atomic E-state index is -1.12. The quantitative estimate of drug-likeness (QED) is 0.610. The van der Waals surface area contributed by atoms with Gasteiger partial charge >= 0.3 is 0 Å². The Bertz CT molecular complexity index is 215. The molecule has 0 radical (unpaired) electrons. The SMILES string of the molecule is O=C(N1CCC(F)C1)C1(O)CC1. The summed E-state index contributed by atoms with van der Waals surface area (Å²) in [6.07, 6.45) is 0.608. The molecule has 12 heavy (non-hydrogen) atoms. The number of hydrogen-bond donors (Lipinski definition) is 1. The highest BCUT2D eigenvalue weighted by Crippen LogP contribution is 2.37. The molecule has 1 aliphatic carbocycles. The Morgan fingerprint density at radius 1 is 1.58 bits per heavy atom. The van der Waals surface area contributed by atoms with Crippen molar-refractivity contribution in [1.29, 1.82) is 0 Å². The lowest BCUT2D eigenvalue weighted by atomic mass is 10.3. The third kappa shape index (κ3) is 1.20. The second-order valence-corrected chi connectivity index (χ2v) is 3.67. The van der Waals surface area contributed by atoms with Crippen molar-refractivity contribution >= 4 is 5.91 Å². The maximum absolute atomic E-state index is 12.7. The van der Waals surface area contributed by atoms with E-state index in [1.54, 1.807) is 0 Å². The number of amides is 1. The van der Waals surface area contributed by atoms with Gasteiger partial charge in [0.15, 0.2) is 0 Å². The van der Waals surface area contributed by atoms with Crippen LogP contribution in [-0.2, 0) is 4.79 Å². The largest absolute Gasteiger partial charge is 0.380 e. The minimum absolute atomic E-state index is 0.168. The van der Waals surface area contributed by atoms with E-state index in [2.05, 4.69) is 0 Å². The molecule has 4 heteroatoms. The zero-order valence-corrected chi connectivity index (χ0v) is 6.79. The van der Waals surface area contributed by atoms with Gasteiger partial charge in [-0.05, 0) is 19.3 Å². The molecule has 1 amide bonds. The van der Waals surface area contributed by atoms with Crippen molar-refractivity contribution < 1.29 is 14.3 Å². The highest BCUT2D eigenvalue weighted by molar-refractivity contribution is 5.88. The summed E-state index contributed by atoms with van der Waals surface area (Å²) in [5, 5.41) is 9.43. The number of carbonyl (C=O) groups excluding carboxylic acids is 1. The molecule has 2 fully saturated rings. The van der Waals surface area contributed by atoms with Crippen LogP contribution in [0.4, 0.5) is 4.39 Å². The first-order chi connectivity index (χ1) is 5.62. The molecule has 0 aromatic heterocycles. The van der Waals surface area contributed by atoms with Gasteiger partial charge in [-0.2, -0.15) is 0 Å². The molecule has 68 valence electrons. The lowest BCUT2D eigenvalue weighted by molar-refractivity contribution is -0.141. The normalized spacial score (nSPS) is 32.2. The molecule has 0 aromatic carbocycles. The van der Waals surface area contributed by atoms with Gasteiger partial charge in [0, 0.05) is 6.54 Å². The topological polar surface area (TPSA) is 40.5 Å². The molecular formula is C8H12FNO2. The smallest absolute Gasteiger partial charge is 0.254 e. The van der Waals surface area contributed by atoms with E-state index < -0.39 is 11.8 Å². The van der Waals surface area contributed by atoms with Crippen molar-refractivity contribution in [1.82, 2.24) is 4.90 Å². The molecule has 1 unspecified atom stereocenters. The summed E-state index contributed by atoms with van der Waals surface area (Å²) in [5.41, 5.74) is -1.12. The van der Waals surface area contributed by atoms with Crippen LogP contribution < -0.4 is 0 Å². The molecule has 0 spiro atoms. The van der Waals surface area contributed by atoms with Gasteiger partial charge in [-0.15, -0.1) is 0 Å². The summed E-state index contributed by atoms with van der Waals surface area (Å²) in [5.74, 6) is -0.275. The number of rotatable bonds is 1. The maximum Gasteiger partial charge on any atom is 0.254 e. The second-order valence-electron chi connectivity index (χ2n) is 3.67. The van der Waals surface area contributed by atoms with E-state index in [4.69, 9.17) is 0 Å². The van der Waals surface area contributed by atoms with Gasteiger partial charge in [0.2, 0.25) is 0 Å². The van der Waals surface area contributed by atoms with Crippen molar-refractivity contribution in [2.45, 2.75) is 31.0 Å². The summed E-state index contributed by atoms with van der Waals surface area (Å²) >= 11 is 0. The molecule has 1 N–H and O–H groups in total. The van der Waals surface area contributed by atoms with Gasteiger partial charge in [0.05, 0.1) is 6.54 Å². The van der Waals surface area contributed by atoms with Gasteiger partial charge in [-0.25, -0.2) is 4.39 Å². The fourth-order valence-corrected chi connectivity index (χ4v) is 1.53. The second kappa shape index (κ2) is 2.42. The highest BCUT2D eigenvalue weighted by Gasteiger charge is 2.51. The van der Waals surface area contributed by atoms with Gasteiger partial charge in [-0.1, -0.05) is 0 Å². The van der Waals surface area contributed by atoms with E-state index in [9.17, 15) is 14.3 Å². The summed E-state index contributed by atoms with van der Waals surface area (Å²) < 4.78 is 12.7. The average molecular weight is 173 g/mol. The Kier molecular flexibility index (Phi) is 1.61. The summed E-state index contributed by atoms with van der Waals surface area (Å²) in [7, 11) is 0. The van der Waals surface area contributed by atoms with Crippen LogP contribution in [0, 0.1) is 0 Å². The van der Waals surface area contributed by atoms with Crippen LogP contribution in [0.25, 0.3) is 0 Å². The van der Waals surface area contributed by atoms with Crippen molar-refractivity contribution in [2.75, 3.05) is 13.1 Å². The molecule has 0 aromatic rings. The minimum Gasteiger partial charge on any atom is -0.380 e. The van der Waals surface area contributed by atoms with Crippen molar-refractivity contribution in [3.63, 3.8) is 0 Å². The standard InChI is InChI=1S/C8H12FNO2/c9-6-1-4-10(5-6)7(11)8(12)2-3-8/h6,12H,1-5H2. The Hall–Kier alpha value is -0.640. The Balaban J connectivity index is 1.97. The zero-order chi connectivity index (χ0) is 8.77. The third-order valence-corrected chi connectivity index (χ3v) is 2.54. The van der Waals surface area contributed by atoms with E-state index in [1.165, 1.54) is 4.90 Å². The number of nitrogens with zero attached hydrogens (tertiary/aromatic N) is 1. The molecule has 1 heterocycles. The highest BCUT2D eigenvalue weighted by atomic mass is 19.1. The number of alkyl halides is 1. The molecular weight excluding hydrogens is 161 g/mol. The molecule has 1 saturated heterocycles. The van der Waals surface area contributed by atoms with Gasteiger partial charge < -0.3 is 10.0 Å². The number of aliphatic hydroxyl groups is 1. The van der Waals surface area contributed by atoms with Crippen LogP contribution in [0.3, 0.4) is 0 Å². The number of likely N-dealkylation sites (tertiary alicyclic amines) is 1. The first-order valence-electron chi connectivity index (χ1n) is 4.28. The lowest BCUT2D eigenvalue weighted by Gasteiger charge is -2.18. The van der Waals surface area contributed by atoms with E-state index in [0.29, 0.717) is 25.8 Å². The van der Waals surface area contributed by atoms with E-state index in [0.717, 1.165) is 0 Å². The summed E-state index contributed by atoms with van der Waals surface area (Å²) in [6, 6.07) is 0. The Morgan fingerprint density at radius 2 is 2.25 bits per heavy atom. The number of hydrogen-bond acceptors (Lipinski definition) is 2. The summed E-state index contributed by atoms with van der Waals surface area (Å²) in [4.78, 5) is 12.8. The molecule has 2 rings (SSSR count). The maximum atomic E-state index is 12.7. The molecule has 0 bridgehead atoms. The van der Waals surface area contributed by atoms with Crippen molar-refractivity contribution in [2.24, 2.45) is 0 Å². The fraction of sp³-hybridized carbons (Fsp3) is 0.875. The van der Waals surface area contributed by atoms with Crippen LogP contribution in [0.1, 0.15) is 19.3 Å². The molecule has 3 nitrogen and oxygen atoms in total. The lowest BCUT2D eigenvalue weighted by Crippen LogP contribution is -2.39.